The summed E-state index contributed by atoms with van der Waals surface area (Å²) in [7, 11) is 4.91. The van der Waals surface area contributed by atoms with Crippen molar-refractivity contribution in [3.8, 4) is 39.6 Å². The number of amides is 2. The van der Waals surface area contributed by atoms with Gasteiger partial charge in [-0.05, 0) is 90.8 Å². The van der Waals surface area contributed by atoms with E-state index in [1.165, 1.54) is 10.0 Å². The van der Waals surface area contributed by atoms with E-state index in [2.05, 4.69) is 59.7 Å². The third-order valence-electron chi connectivity index (χ3n) is 13.1. The fraction of sp³-hybridized carbons (Fsp3) is 0.500. The number of phenolic OH excluding ortho intramolecular Hbond substituents is 1. The van der Waals surface area contributed by atoms with Gasteiger partial charge in [-0.2, -0.15) is 0 Å². The number of hydrogen-bond donors (Lipinski definition) is 3. The zero-order valence-electron chi connectivity index (χ0n) is 39.2. The van der Waals surface area contributed by atoms with Gasteiger partial charge >= 0.3 is 5.97 Å². The normalized spacial score (nSPS) is 20.8. The minimum Gasteiger partial charge on any atom is -0.508 e. The molecule has 4 heterocycles. The summed E-state index contributed by atoms with van der Waals surface area (Å²) < 4.78 is 20.3. The zero-order valence-corrected chi connectivity index (χ0v) is 39.2. The van der Waals surface area contributed by atoms with Crippen LogP contribution in [-0.4, -0.2) is 125 Å². The van der Waals surface area contributed by atoms with Gasteiger partial charge in [0.05, 0.1) is 50.6 Å². The highest BCUT2D eigenvalue weighted by atomic mass is 16.5. The molecule has 0 unspecified atom stereocenters. The van der Waals surface area contributed by atoms with Gasteiger partial charge in [-0.15, -0.1) is 11.6 Å². The first kappa shape index (κ1) is 47.0. The Kier molecular flexibility index (Phi) is 14.2. The van der Waals surface area contributed by atoms with E-state index in [9.17, 15) is 24.4 Å². The zero-order chi connectivity index (χ0) is 46.7. The molecule has 7 rings (SSSR count). The number of likely N-dealkylation sites (N-methyl/N-ethyl adjacent to an activating group) is 1. The average Bonchev–Trinajstić information content (AvgIpc) is 3.88. The summed E-state index contributed by atoms with van der Waals surface area (Å²) in [5.74, 6) is -0.397. The molecule has 0 saturated carbocycles. The number of hydrogen-bond acceptors (Lipinski definition) is 10. The molecule has 65 heavy (non-hydrogen) atoms. The summed E-state index contributed by atoms with van der Waals surface area (Å²) in [4.78, 5) is 60.0. The predicted octanol–water partition coefficient (Wildman–Crippen LogP) is 6.28. The first-order chi connectivity index (χ1) is 31.1. The Morgan fingerprint density at radius 3 is 2.49 bits per heavy atom. The molecule has 3 aliphatic heterocycles. The minimum atomic E-state index is -1.13. The van der Waals surface area contributed by atoms with Gasteiger partial charge in [-0.25, -0.2) is 5.43 Å². The number of cyclic esters (lactones) is 1. The number of benzene rings is 3. The molecular formula is C50H66N7O8+. The lowest BCUT2D eigenvalue weighted by molar-refractivity contribution is -0.732. The lowest BCUT2D eigenvalue weighted by Crippen LogP contribution is -2.62. The molecule has 0 aliphatic carbocycles. The smallest absolute Gasteiger partial charge is 0.324 e. The summed E-state index contributed by atoms with van der Waals surface area (Å²) in [6, 6.07) is 14.0. The van der Waals surface area contributed by atoms with E-state index in [-0.39, 0.29) is 30.7 Å². The fourth-order valence-corrected chi connectivity index (χ4v) is 9.96. The Bertz CT molecular complexity index is 2420. The maximum absolute atomic E-state index is 14.7. The number of hydrazine groups is 2. The molecule has 2 saturated heterocycles. The SMILES string of the molecule is C=CCN1CC[C@H]([N+](=O)N(C)[C@H](C(=O)N[C@H]2Cc3cc(O)cc(c3)-c3ccc4c(c3)c(c(-c3c(OC)cccc3OC)n4CC)CC(C)(C)COC(=O)[C@@H]3CCCN(N3)C2=O)C(C)C)C1. The second-order valence-electron chi connectivity index (χ2n) is 18.8. The number of nitroso groups, excluding NO2 is 1. The molecule has 15 heteroatoms. The molecular weight excluding hydrogens is 827 g/mol. The van der Waals surface area contributed by atoms with E-state index in [1.807, 2.05) is 50.3 Å². The topological polar surface area (TPSA) is 158 Å². The number of aryl methyl sites for hydroxylation is 1. The lowest BCUT2D eigenvalue weighted by Gasteiger charge is -2.36. The number of carbonyl (C=O) groups is 3. The van der Waals surface area contributed by atoms with Crippen LogP contribution in [0.1, 0.15) is 65.0 Å². The fourth-order valence-electron chi connectivity index (χ4n) is 9.96. The minimum absolute atomic E-state index is 0.000727. The Morgan fingerprint density at radius 2 is 1.82 bits per heavy atom. The number of nitrogens with zero attached hydrogens (tertiary/aromatic N) is 5. The van der Waals surface area contributed by atoms with Gasteiger partial charge in [0.2, 0.25) is 11.9 Å². The number of phenols is 1. The maximum Gasteiger partial charge on any atom is 0.324 e. The van der Waals surface area contributed by atoms with Gasteiger partial charge in [0, 0.05) is 55.3 Å². The van der Waals surface area contributed by atoms with Gasteiger partial charge < -0.3 is 29.2 Å². The van der Waals surface area contributed by atoms with Crippen LogP contribution in [0.5, 0.6) is 17.2 Å². The van der Waals surface area contributed by atoms with Gasteiger partial charge in [0.1, 0.15) is 34.2 Å². The number of nitrogens with one attached hydrogen (secondary N) is 2. The third-order valence-corrected chi connectivity index (χ3v) is 13.1. The van der Waals surface area contributed by atoms with Crippen molar-refractivity contribution in [2.75, 3.05) is 54.1 Å². The van der Waals surface area contributed by atoms with Gasteiger partial charge in [-0.1, -0.05) is 52.0 Å². The van der Waals surface area contributed by atoms with Crippen LogP contribution in [-0.2, 0) is 38.5 Å². The molecule has 2 fully saturated rings. The summed E-state index contributed by atoms with van der Waals surface area (Å²) in [5.41, 5.74) is 8.49. The number of fused-ring (bicyclic) bond motifs is 6. The van der Waals surface area contributed by atoms with Crippen molar-refractivity contribution in [3.63, 3.8) is 0 Å². The molecule has 4 aromatic rings. The molecule has 3 N–H and O–H groups in total. The van der Waals surface area contributed by atoms with Gasteiger partial charge in [0.25, 0.3) is 5.91 Å². The number of ether oxygens (including phenoxy) is 3. The Morgan fingerprint density at radius 1 is 1.08 bits per heavy atom. The van der Waals surface area contributed by atoms with Crippen LogP contribution in [0, 0.1) is 16.2 Å². The summed E-state index contributed by atoms with van der Waals surface area (Å²) in [6.45, 7) is 16.8. The van der Waals surface area contributed by atoms with Crippen molar-refractivity contribution in [3.05, 3.63) is 83.3 Å². The maximum atomic E-state index is 14.7. The van der Waals surface area contributed by atoms with E-state index in [0.717, 1.165) is 50.3 Å². The highest BCUT2D eigenvalue weighted by Crippen LogP contribution is 2.46. The second-order valence-corrected chi connectivity index (χ2v) is 18.8. The number of likely N-dealkylation sites (tertiary alicyclic amines) is 1. The second kappa shape index (κ2) is 19.7. The number of carbonyl (C=O) groups excluding carboxylic acids is 3. The molecule has 3 aromatic carbocycles. The number of methoxy groups -OCH3 is 2. The predicted molar refractivity (Wildman–Crippen MR) is 250 cm³/mol. The molecule has 1 aromatic heterocycles. The Balaban J connectivity index is 1.32. The van der Waals surface area contributed by atoms with Crippen LogP contribution in [0.2, 0.25) is 0 Å². The lowest BCUT2D eigenvalue weighted by atomic mass is 9.84. The van der Waals surface area contributed by atoms with Crippen molar-refractivity contribution in [1.29, 1.82) is 0 Å². The van der Waals surface area contributed by atoms with Crippen LogP contribution in [0.3, 0.4) is 0 Å². The highest BCUT2D eigenvalue weighted by Gasteiger charge is 2.44. The Hall–Kier alpha value is -5.93. The number of aromatic nitrogens is 1. The molecule has 0 spiro atoms. The molecule has 348 valence electrons. The van der Waals surface area contributed by atoms with Gasteiger partial charge in [-0.3, -0.25) is 24.3 Å². The van der Waals surface area contributed by atoms with E-state index in [4.69, 9.17) is 14.2 Å². The number of rotatable bonds is 12. The third kappa shape index (κ3) is 9.86. The standard InChI is InChI=1S/C50H65N7O8/c1-10-20-54-22-19-35(29-54)57(62)53(7)45(31(3)4)47(59)51-40-25-32-23-34(26-36(58)24-32)33-17-18-41-37(27-33)38(46(55(41)11-2)44-42(63-8)15-12-16-43(44)64-9)28-50(5,6)30-65-49(61)39-14-13-21-56(52-39)48(40)60/h10,12,15-18,23-24,26-27,31,35,39-40,45,52H,1,11,13-14,19-22,25,28-30H2,2-9H3,(H-,51,58,59)/p+1/t35-,39-,40-,45-/m0/s1. The van der Waals surface area contributed by atoms with E-state index < -0.39 is 41.3 Å². The van der Waals surface area contributed by atoms with Crippen LogP contribution < -0.4 is 20.2 Å². The molecule has 0 radical (unpaired) electrons. The van der Waals surface area contributed by atoms with Crippen molar-refractivity contribution in [2.45, 2.75) is 97.4 Å². The molecule has 15 nitrogen and oxygen atoms in total. The van der Waals surface area contributed by atoms with E-state index >= 15 is 0 Å². The average molecular weight is 893 g/mol. The molecule has 3 aliphatic rings. The molecule has 2 amide bonds. The van der Waals surface area contributed by atoms with Gasteiger partial charge in [0.15, 0.2) is 6.04 Å². The van der Waals surface area contributed by atoms with Crippen molar-refractivity contribution in [1.82, 2.24) is 30.2 Å². The van der Waals surface area contributed by atoms with E-state index in [1.54, 1.807) is 33.4 Å². The quantitative estimate of drug-likeness (QED) is 0.0637. The van der Waals surface area contributed by atoms with Crippen LogP contribution in [0.25, 0.3) is 33.3 Å². The molecule has 4 atom stereocenters. The first-order valence-corrected chi connectivity index (χ1v) is 22.8. The number of esters is 1. The van der Waals surface area contributed by atoms with Crippen molar-refractivity contribution in [2.24, 2.45) is 11.3 Å². The van der Waals surface area contributed by atoms with Crippen LogP contribution in [0.4, 0.5) is 0 Å². The van der Waals surface area contributed by atoms with Crippen molar-refractivity contribution >= 4 is 28.7 Å². The summed E-state index contributed by atoms with van der Waals surface area (Å²) >= 11 is 0. The first-order valence-electron chi connectivity index (χ1n) is 22.8. The summed E-state index contributed by atoms with van der Waals surface area (Å²) in [6.07, 6.45) is 3.96. The van der Waals surface area contributed by atoms with Crippen LogP contribution in [0.15, 0.2) is 67.3 Å². The number of aromatic hydroxyl groups is 1. The van der Waals surface area contributed by atoms with Crippen LogP contribution >= 0.6 is 0 Å². The highest BCUT2D eigenvalue weighted by molar-refractivity contribution is 5.97. The largest absolute Gasteiger partial charge is 0.508 e. The van der Waals surface area contributed by atoms with E-state index in [0.29, 0.717) is 68.9 Å². The monoisotopic (exact) mass is 892 g/mol. The van der Waals surface area contributed by atoms with Crippen molar-refractivity contribution < 1.29 is 38.6 Å². The Labute approximate surface area is 382 Å². The molecule has 6 bridgehead atoms. The summed E-state index contributed by atoms with van der Waals surface area (Å²) in [5, 5.41) is 18.2.